The molecule has 1 aromatic rings. The van der Waals surface area contributed by atoms with Crippen molar-refractivity contribution in [1.29, 1.82) is 5.41 Å². The van der Waals surface area contributed by atoms with Crippen LogP contribution in [0.4, 0.5) is 0 Å². The number of ether oxygens (including phenoxy) is 1. The Morgan fingerprint density at radius 1 is 1.47 bits per heavy atom. The lowest BCUT2D eigenvalue weighted by Gasteiger charge is -2.16. The number of hydrogen-bond acceptors (Lipinski definition) is 3. The van der Waals surface area contributed by atoms with Gasteiger partial charge >= 0.3 is 0 Å². The van der Waals surface area contributed by atoms with Crippen LogP contribution in [-0.4, -0.2) is 16.9 Å². The summed E-state index contributed by atoms with van der Waals surface area (Å²) in [6.07, 6.45) is 2.86. The first-order chi connectivity index (χ1) is 8.00. The molecule has 3 N–H and O–H groups in total. The molecule has 4 nitrogen and oxygen atoms in total. The van der Waals surface area contributed by atoms with E-state index in [9.17, 15) is 0 Å². The van der Waals surface area contributed by atoms with E-state index in [1.807, 2.05) is 12.1 Å². The van der Waals surface area contributed by atoms with Crippen molar-refractivity contribution in [2.75, 3.05) is 0 Å². The zero-order chi connectivity index (χ0) is 12.8. The van der Waals surface area contributed by atoms with Gasteiger partial charge in [-0.3, -0.25) is 10.4 Å². The van der Waals surface area contributed by atoms with Crippen molar-refractivity contribution >= 4 is 5.84 Å². The van der Waals surface area contributed by atoms with Gasteiger partial charge < -0.3 is 10.5 Å². The van der Waals surface area contributed by atoms with Crippen LogP contribution in [0.3, 0.4) is 0 Å². The van der Waals surface area contributed by atoms with Crippen molar-refractivity contribution in [1.82, 2.24) is 4.98 Å². The lowest BCUT2D eigenvalue weighted by Crippen LogP contribution is -2.18. The maximum Gasteiger partial charge on any atom is 0.142 e. The molecule has 17 heavy (non-hydrogen) atoms. The number of nitrogens with zero attached hydrogens (tertiary/aromatic N) is 1. The number of nitrogens with two attached hydrogens (primary N) is 1. The van der Waals surface area contributed by atoms with Crippen LogP contribution in [-0.2, 0) is 11.3 Å². The van der Waals surface area contributed by atoms with Gasteiger partial charge in [0, 0.05) is 11.8 Å². The zero-order valence-corrected chi connectivity index (χ0v) is 10.7. The minimum atomic E-state index is -0.0132. The maximum atomic E-state index is 7.43. The van der Waals surface area contributed by atoms with Gasteiger partial charge in [0.05, 0.1) is 12.7 Å². The van der Waals surface area contributed by atoms with E-state index in [1.54, 1.807) is 6.20 Å². The van der Waals surface area contributed by atoms with Gasteiger partial charge in [0.25, 0.3) is 0 Å². The Labute approximate surface area is 103 Å². The third kappa shape index (κ3) is 4.53. The van der Waals surface area contributed by atoms with Crippen molar-refractivity contribution in [3.05, 3.63) is 29.6 Å². The average molecular weight is 235 g/mol. The molecule has 0 bridgehead atoms. The summed E-state index contributed by atoms with van der Waals surface area (Å²) in [5, 5.41) is 7.43. The first-order valence-electron chi connectivity index (χ1n) is 5.90. The van der Waals surface area contributed by atoms with Crippen LogP contribution in [0.1, 0.15) is 38.4 Å². The summed E-state index contributed by atoms with van der Waals surface area (Å²) in [4.78, 5) is 4.09. The van der Waals surface area contributed by atoms with E-state index in [2.05, 4.69) is 25.8 Å². The summed E-state index contributed by atoms with van der Waals surface area (Å²) >= 11 is 0. The molecule has 0 aliphatic heterocycles. The smallest absolute Gasteiger partial charge is 0.142 e. The quantitative estimate of drug-likeness (QED) is 0.587. The zero-order valence-electron chi connectivity index (χ0n) is 10.7. The molecule has 0 fully saturated rings. The molecule has 1 rings (SSSR count). The highest BCUT2D eigenvalue weighted by Gasteiger charge is 2.09. The molecule has 0 amide bonds. The molecule has 4 heteroatoms. The summed E-state index contributed by atoms with van der Waals surface area (Å²) in [6, 6.07) is 3.73. The summed E-state index contributed by atoms with van der Waals surface area (Å²) in [7, 11) is 0. The number of nitrogens with one attached hydrogen (secondary N) is 1. The molecule has 0 aromatic carbocycles. The number of amidine groups is 1. The second-order valence-corrected chi connectivity index (χ2v) is 4.68. The minimum absolute atomic E-state index is 0.0132. The fourth-order valence-corrected chi connectivity index (χ4v) is 1.76. The van der Waals surface area contributed by atoms with Crippen molar-refractivity contribution in [3.63, 3.8) is 0 Å². The number of hydrogen-bond donors (Lipinski definition) is 2. The lowest BCUT2D eigenvalue weighted by molar-refractivity contribution is 0.0395. The number of rotatable bonds is 6. The van der Waals surface area contributed by atoms with Crippen molar-refractivity contribution in [3.8, 4) is 0 Å². The van der Waals surface area contributed by atoms with E-state index < -0.39 is 0 Å². The molecule has 0 aliphatic carbocycles. The SMILES string of the molecule is CC(C)CC(C)OCc1cccnc1C(=N)N. The Balaban J connectivity index is 2.60. The molecule has 0 saturated carbocycles. The highest BCUT2D eigenvalue weighted by molar-refractivity contribution is 5.94. The summed E-state index contributed by atoms with van der Waals surface area (Å²) in [6.45, 7) is 6.86. The van der Waals surface area contributed by atoms with Crippen molar-refractivity contribution in [2.24, 2.45) is 11.7 Å². The summed E-state index contributed by atoms with van der Waals surface area (Å²) in [5.41, 5.74) is 6.86. The van der Waals surface area contributed by atoms with Gasteiger partial charge in [-0.25, -0.2) is 0 Å². The van der Waals surface area contributed by atoms with E-state index in [1.165, 1.54) is 0 Å². The molecule has 1 heterocycles. The Bertz CT molecular complexity index is 377. The predicted molar refractivity (Wildman–Crippen MR) is 69.0 cm³/mol. The van der Waals surface area contributed by atoms with Gasteiger partial charge in [-0.05, 0) is 25.3 Å². The molecular weight excluding hydrogens is 214 g/mol. The van der Waals surface area contributed by atoms with Crippen LogP contribution < -0.4 is 5.73 Å². The van der Waals surface area contributed by atoms with Crippen LogP contribution in [0.15, 0.2) is 18.3 Å². The third-order valence-electron chi connectivity index (χ3n) is 2.47. The van der Waals surface area contributed by atoms with Crippen LogP contribution in [0.2, 0.25) is 0 Å². The second-order valence-electron chi connectivity index (χ2n) is 4.68. The van der Waals surface area contributed by atoms with Crippen LogP contribution >= 0.6 is 0 Å². The van der Waals surface area contributed by atoms with Crippen LogP contribution in [0.25, 0.3) is 0 Å². The maximum absolute atomic E-state index is 7.43. The van der Waals surface area contributed by atoms with Crippen molar-refractivity contribution in [2.45, 2.75) is 39.9 Å². The molecule has 0 spiro atoms. The Kier molecular flexibility index (Phi) is 5.10. The lowest BCUT2D eigenvalue weighted by atomic mass is 10.1. The van der Waals surface area contributed by atoms with E-state index in [0.717, 1.165) is 12.0 Å². The van der Waals surface area contributed by atoms with Crippen LogP contribution in [0, 0.1) is 11.3 Å². The minimum Gasteiger partial charge on any atom is -0.382 e. The largest absolute Gasteiger partial charge is 0.382 e. The third-order valence-corrected chi connectivity index (χ3v) is 2.47. The molecule has 0 saturated heterocycles. The Morgan fingerprint density at radius 3 is 2.76 bits per heavy atom. The molecule has 1 unspecified atom stereocenters. The number of aromatic nitrogens is 1. The Morgan fingerprint density at radius 2 is 2.18 bits per heavy atom. The Hall–Kier alpha value is -1.42. The number of pyridine rings is 1. The van der Waals surface area contributed by atoms with Gasteiger partial charge in [0.1, 0.15) is 11.5 Å². The molecule has 1 aromatic heterocycles. The number of nitrogen functional groups attached to an aromatic ring is 1. The fourth-order valence-electron chi connectivity index (χ4n) is 1.76. The first-order valence-corrected chi connectivity index (χ1v) is 5.90. The fraction of sp³-hybridized carbons (Fsp3) is 0.538. The molecule has 0 radical (unpaired) electrons. The normalized spacial score (nSPS) is 12.7. The van der Waals surface area contributed by atoms with Crippen molar-refractivity contribution < 1.29 is 4.74 Å². The second kappa shape index (κ2) is 6.35. The van der Waals surface area contributed by atoms with Gasteiger partial charge in [-0.15, -0.1) is 0 Å². The molecule has 1 atom stereocenters. The van der Waals surface area contributed by atoms with Gasteiger partial charge in [0.15, 0.2) is 0 Å². The monoisotopic (exact) mass is 235 g/mol. The van der Waals surface area contributed by atoms with Gasteiger partial charge in [-0.1, -0.05) is 19.9 Å². The van der Waals surface area contributed by atoms with Gasteiger partial charge in [-0.2, -0.15) is 0 Å². The van der Waals surface area contributed by atoms with E-state index in [-0.39, 0.29) is 11.9 Å². The standard InChI is InChI=1S/C13H21N3O/c1-9(2)7-10(3)17-8-11-5-4-6-16-12(11)13(14)15/h4-6,9-10H,7-8H2,1-3H3,(H3,14,15). The highest BCUT2D eigenvalue weighted by Crippen LogP contribution is 2.12. The average Bonchev–Trinajstić information content (AvgIpc) is 2.25. The van der Waals surface area contributed by atoms with Crippen LogP contribution in [0.5, 0.6) is 0 Å². The van der Waals surface area contributed by atoms with E-state index in [0.29, 0.717) is 18.2 Å². The van der Waals surface area contributed by atoms with E-state index in [4.69, 9.17) is 15.9 Å². The van der Waals surface area contributed by atoms with E-state index >= 15 is 0 Å². The topological polar surface area (TPSA) is 72.0 Å². The molecule has 0 aliphatic rings. The first kappa shape index (κ1) is 13.6. The highest BCUT2D eigenvalue weighted by atomic mass is 16.5. The predicted octanol–water partition coefficient (Wildman–Crippen LogP) is 2.32. The molecule has 94 valence electrons. The van der Waals surface area contributed by atoms with Gasteiger partial charge in [0.2, 0.25) is 0 Å². The molecular formula is C13H21N3O. The summed E-state index contributed by atoms with van der Waals surface area (Å²) < 4.78 is 5.74. The summed E-state index contributed by atoms with van der Waals surface area (Å²) in [5.74, 6) is 0.604.